The van der Waals surface area contributed by atoms with E-state index in [1.54, 1.807) is 11.1 Å². The van der Waals surface area contributed by atoms with Crippen molar-refractivity contribution in [3.05, 3.63) is 144 Å². The van der Waals surface area contributed by atoms with Crippen LogP contribution in [-0.4, -0.2) is 8.07 Å². The Kier molecular flexibility index (Phi) is 8.41. The van der Waals surface area contributed by atoms with E-state index in [0.717, 1.165) is 6.42 Å². The molecule has 2 saturated carbocycles. The van der Waals surface area contributed by atoms with E-state index >= 15 is 0 Å². The summed E-state index contributed by atoms with van der Waals surface area (Å²) in [5.41, 5.74) is 4.48. The number of hydrogen-bond acceptors (Lipinski definition) is 0. The zero-order chi connectivity index (χ0) is 21.8. The standard InChI is InChI=1S/C27H24Si.2ClH.Zr/c1-28(2,26-17-16-21-12-6-7-14-24(21)26)27-19-22(18-20-10-4-3-5-11-20)23-13-8-9-15-25(23)27;;;/h3-17,19H,18H2,1-2H3;2*1H;/q;;;+4/p-2. The molecule has 152 valence electrons. The Labute approximate surface area is 208 Å². The summed E-state index contributed by atoms with van der Waals surface area (Å²) in [5, 5.41) is 0. The van der Waals surface area contributed by atoms with Gasteiger partial charge < -0.3 is 0 Å². The van der Waals surface area contributed by atoms with Crippen LogP contribution in [0.1, 0.15) is 5.56 Å². The molecule has 4 heteroatoms. The molecule has 0 bridgehead atoms. The SMILES string of the molecule is C[Si](C)([C]1[CH][CH][C]2C=CC=C[C]21)[C]1[CH][C](Cc2ccccc2)[C]2C=CC=C[C]21.[Cl][Zr+2][Cl]. The summed E-state index contributed by atoms with van der Waals surface area (Å²) < 4.78 is 0. The second kappa shape index (κ2) is 10.9. The molecule has 0 amide bonds. The first kappa shape index (κ1) is 24.0. The number of halogens is 2. The quantitative estimate of drug-likeness (QED) is 0.353. The Bertz CT molecular complexity index is 844. The van der Waals surface area contributed by atoms with E-state index in [0.29, 0.717) is 0 Å². The van der Waals surface area contributed by atoms with Gasteiger partial charge in [0.25, 0.3) is 0 Å². The molecule has 0 saturated heterocycles. The number of rotatable bonds is 4. The van der Waals surface area contributed by atoms with Gasteiger partial charge in [-0.1, -0.05) is 92.0 Å². The minimum absolute atomic E-state index is 0.826. The second-order valence-corrected chi connectivity index (χ2v) is 16.4. The molecule has 0 N–H and O–H groups in total. The third kappa shape index (κ3) is 5.18. The summed E-state index contributed by atoms with van der Waals surface area (Å²) >= 11 is -0.826. The predicted octanol–water partition coefficient (Wildman–Crippen LogP) is 7.31. The third-order valence-corrected chi connectivity index (χ3v) is 9.69. The molecule has 2 fully saturated rings. The van der Waals surface area contributed by atoms with Crippen LogP contribution in [0.15, 0.2) is 78.9 Å². The van der Waals surface area contributed by atoms with Gasteiger partial charge in [-0.15, -0.1) is 0 Å². The van der Waals surface area contributed by atoms with Crippen LogP contribution in [0.5, 0.6) is 0 Å². The van der Waals surface area contributed by atoms with Crippen LogP contribution >= 0.6 is 17.0 Å². The molecule has 0 atom stereocenters. The first-order chi connectivity index (χ1) is 15.1. The van der Waals surface area contributed by atoms with Gasteiger partial charge in [-0.3, -0.25) is 0 Å². The number of allylic oxidation sites excluding steroid dienone is 8. The van der Waals surface area contributed by atoms with Crippen LogP contribution in [-0.2, 0) is 27.3 Å². The van der Waals surface area contributed by atoms with Crippen molar-refractivity contribution in [3.8, 4) is 0 Å². The summed E-state index contributed by atoms with van der Waals surface area (Å²) in [7, 11) is 8.04. The molecular weight excluding hydrogens is 515 g/mol. The first-order valence-corrected chi connectivity index (χ1v) is 19.7. The van der Waals surface area contributed by atoms with Gasteiger partial charge in [0.05, 0.1) is 8.07 Å². The van der Waals surface area contributed by atoms with Crippen LogP contribution in [0.4, 0.5) is 0 Å². The van der Waals surface area contributed by atoms with Crippen molar-refractivity contribution in [2.24, 2.45) is 0 Å². The third-order valence-electron chi connectivity index (χ3n) is 6.15. The van der Waals surface area contributed by atoms with Crippen molar-refractivity contribution in [1.29, 1.82) is 0 Å². The Hall–Kier alpha value is -0.140. The van der Waals surface area contributed by atoms with Gasteiger partial charge >= 0.3 is 37.9 Å². The van der Waals surface area contributed by atoms with E-state index in [2.05, 4.69) is 111 Å². The van der Waals surface area contributed by atoms with Crippen molar-refractivity contribution in [1.82, 2.24) is 0 Å². The summed E-state index contributed by atoms with van der Waals surface area (Å²) in [6.07, 6.45) is 26.0. The maximum atomic E-state index is 4.93. The van der Waals surface area contributed by atoms with Crippen molar-refractivity contribution < 1.29 is 20.8 Å². The van der Waals surface area contributed by atoms with E-state index in [1.165, 1.54) is 35.2 Å². The predicted molar refractivity (Wildman–Crippen MR) is 131 cm³/mol. The summed E-state index contributed by atoms with van der Waals surface area (Å²) in [5.74, 6) is 7.09. The molecule has 1 aromatic carbocycles. The summed E-state index contributed by atoms with van der Waals surface area (Å²) in [4.78, 5) is 0. The van der Waals surface area contributed by atoms with Gasteiger partial charge in [0, 0.05) is 23.7 Å². The first-order valence-electron chi connectivity index (χ1n) is 10.4. The Morgan fingerprint density at radius 3 is 2.06 bits per heavy atom. The van der Waals surface area contributed by atoms with Crippen LogP contribution in [0.2, 0.25) is 13.1 Å². The average Bonchev–Trinajstić information content (AvgIpc) is 3.38. The number of benzene rings is 1. The molecule has 0 spiro atoms. The summed E-state index contributed by atoms with van der Waals surface area (Å²) in [6.45, 7) is 5.01. The topological polar surface area (TPSA) is 0 Å². The second-order valence-electron chi connectivity index (χ2n) is 8.32. The van der Waals surface area contributed by atoms with Gasteiger partial charge in [0.1, 0.15) is 0 Å². The fourth-order valence-electron chi connectivity index (χ4n) is 4.65. The fraction of sp³-hybridized carbons (Fsp3) is 0.111. The van der Waals surface area contributed by atoms with E-state index < -0.39 is 28.9 Å². The number of hydrogen-bond donors (Lipinski definition) is 0. The zero-order valence-electron chi connectivity index (χ0n) is 17.7. The molecular formula is C27H24Cl2SiZr+2. The van der Waals surface area contributed by atoms with Gasteiger partial charge in [-0.05, 0) is 48.2 Å². The molecule has 4 aliphatic rings. The molecule has 1 aromatic rings. The van der Waals surface area contributed by atoms with Crippen molar-refractivity contribution in [2.45, 2.75) is 19.5 Å². The molecule has 0 heterocycles. The van der Waals surface area contributed by atoms with Crippen molar-refractivity contribution in [2.75, 3.05) is 0 Å². The molecule has 10 radical (unpaired) electrons. The number of fused-ring (bicyclic) bond motifs is 2. The molecule has 0 aliphatic heterocycles. The van der Waals surface area contributed by atoms with E-state index in [-0.39, 0.29) is 0 Å². The molecule has 0 unspecified atom stereocenters. The molecule has 0 aromatic heterocycles. The van der Waals surface area contributed by atoms with Gasteiger partial charge in [0.2, 0.25) is 0 Å². The summed E-state index contributed by atoms with van der Waals surface area (Å²) in [6, 6.07) is 10.8. The van der Waals surface area contributed by atoms with Crippen LogP contribution in [0.25, 0.3) is 0 Å². The molecule has 5 rings (SSSR count). The van der Waals surface area contributed by atoms with E-state index in [1.807, 2.05) is 0 Å². The van der Waals surface area contributed by atoms with Gasteiger partial charge in [-0.25, -0.2) is 0 Å². The van der Waals surface area contributed by atoms with Crippen LogP contribution in [0.3, 0.4) is 0 Å². The zero-order valence-corrected chi connectivity index (χ0v) is 22.7. The average molecular weight is 539 g/mol. The molecule has 4 aliphatic carbocycles. The van der Waals surface area contributed by atoms with Gasteiger partial charge in [-0.2, -0.15) is 0 Å². The Morgan fingerprint density at radius 2 is 1.35 bits per heavy atom. The van der Waals surface area contributed by atoms with E-state index in [4.69, 9.17) is 17.0 Å². The maximum absolute atomic E-state index is 4.93. The monoisotopic (exact) mass is 536 g/mol. The Morgan fingerprint density at radius 1 is 0.742 bits per heavy atom. The van der Waals surface area contributed by atoms with Crippen molar-refractivity contribution in [3.63, 3.8) is 0 Å². The molecule has 31 heavy (non-hydrogen) atoms. The van der Waals surface area contributed by atoms with Crippen molar-refractivity contribution >= 4 is 25.1 Å². The van der Waals surface area contributed by atoms with Gasteiger partial charge in [0.15, 0.2) is 0 Å². The normalized spacial score (nSPS) is 23.0. The van der Waals surface area contributed by atoms with Crippen LogP contribution < -0.4 is 0 Å². The fourth-order valence-corrected chi connectivity index (χ4v) is 7.77. The minimum atomic E-state index is -1.83. The molecule has 0 nitrogen and oxygen atoms in total. The Balaban J connectivity index is 0.000000730. The van der Waals surface area contributed by atoms with E-state index in [9.17, 15) is 0 Å². The van der Waals surface area contributed by atoms with Crippen LogP contribution in [0, 0.1) is 59.9 Å².